The maximum atomic E-state index is 12.6. The number of amides is 3. The first kappa shape index (κ1) is 13.3. The molecule has 3 amide bonds. The fraction of sp³-hybridized carbons (Fsp3) is 0.357. The minimum Gasteiger partial charge on any atom is -0.323 e. The molecule has 0 atom stereocenters. The summed E-state index contributed by atoms with van der Waals surface area (Å²) in [4.78, 5) is 36.8. The summed E-state index contributed by atoms with van der Waals surface area (Å²) in [6.45, 7) is -0.0777. The van der Waals surface area contributed by atoms with Crippen molar-refractivity contribution in [3.63, 3.8) is 0 Å². The van der Waals surface area contributed by atoms with Crippen LogP contribution in [0.4, 0.5) is 0 Å². The minimum absolute atomic E-state index is 0.0388. The molecule has 0 bridgehead atoms. The highest BCUT2D eigenvalue weighted by Crippen LogP contribution is 2.49. The molecule has 1 saturated heterocycles. The molecule has 0 aromatic heterocycles. The number of carbonyl (C=O) groups is 3. The molecular weight excluding hydrogens is 324 g/mol. The van der Waals surface area contributed by atoms with E-state index in [0.717, 1.165) is 22.9 Å². The normalized spacial score (nSPS) is 20.6. The molecular formula is C14H13BrN2O3. The van der Waals surface area contributed by atoms with Crippen LogP contribution < -0.4 is 5.32 Å². The second-order valence-corrected chi connectivity index (χ2v) is 6.14. The van der Waals surface area contributed by atoms with Gasteiger partial charge in [0, 0.05) is 4.47 Å². The van der Waals surface area contributed by atoms with Gasteiger partial charge in [0.05, 0.1) is 5.41 Å². The zero-order chi connectivity index (χ0) is 14.3. The lowest BCUT2D eigenvalue weighted by atomic mass is 9.94. The fourth-order valence-corrected chi connectivity index (χ4v) is 2.87. The maximum absolute atomic E-state index is 12.6. The van der Waals surface area contributed by atoms with Gasteiger partial charge < -0.3 is 4.90 Å². The van der Waals surface area contributed by atoms with E-state index in [4.69, 9.17) is 0 Å². The molecule has 0 unspecified atom stereocenters. The van der Waals surface area contributed by atoms with Gasteiger partial charge in [0.25, 0.3) is 0 Å². The van der Waals surface area contributed by atoms with Crippen LogP contribution in [0.2, 0.25) is 0 Å². The van der Waals surface area contributed by atoms with Gasteiger partial charge in [-0.15, -0.1) is 0 Å². The third-order valence-electron chi connectivity index (χ3n) is 3.79. The number of imide groups is 1. The summed E-state index contributed by atoms with van der Waals surface area (Å²) in [6.07, 6.45) is 1.53. The van der Waals surface area contributed by atoms with Crippen LogP contribution in [0.3, 0.4) is 0 Å². The number of halogens is 1. The topological polar surface area (TPSA) is 66.5 Å². The summed E-state index contributed by atoms with van der Waals surface area (Å²) in [7, 11) is 0. The van der Waals surface area contributed by atoms with E-state index in [0.29, 0.717) is 0 Å². The number of piperazine rings is 1. The number of carbonyl (C=O) groups excluding carboxylic acids is 3. The zero-order valence-electron chi connectivity index (χ0n) is 10.7. The van der Waals surface area contributed by atoms with E-state index in [-0.39, 0.29) is 19.0 Å². The van der Waals surface area contributed by atoms with Crippen LogP contribution in [-0.2, 0) is 19.8 Å². The first-order valence-corrected chi connectivity index (χ1v) is 7.19. The highest BCUT2D eigenvalue weighted by molar-refractivity contribution is 9.10. The molecule has 3 rings (SSSR count). The Balaban J connectivity index is 1.84. The summed E-state index contributed by atoms with van der Waals surface area (Å²) in [5.41, 5.74) is 0.405. The number of nitrogens with one attached hydrogen (secondary N) is 1. The Labute approximate surface area is 124 Å². The predicted octanol–water partition coefficient (Wildman–Crippen LogP) is 0.966. The number of rotatable bonds is 2. The zero-order valence-corrected chi connectivity index (χ0v) is 12.3. The quantitative estimate of drug-likeness (QED) is 0.818. The van der Waals surface area contributed by atoms with Gasteiger partial charge in [-0.25, -0.2) is 0 Å². The Morgan fingerprint density at radius 3 is 2.15 bits per heavy atom. The van der Waals surface area contributed by atoms with Crippen molar-refractivity contribution in [3.8, 4) is 0 Å². The molecule has 5 nitrogen and oxygen atoms in total. The van der Waals surface area contributed by atoms with Gasteiger partial charge in [-0.05, 0) is 30.5 Å². The van der Waals surface area contributed by atoms with Gasteiger partial charge in [0.1, 0.15) is 13.1 Å². The molecule has 20 heavy (non-hydrogen) atoms. The lowest BCUT2D eigenvalue weighted by Crippen LogP contribution is -2.55. The smallest absolute Gasteiger partial charge is 0.246 e. The molecule has 1 saturated carbocycles. The van der Waals surface area contributed by atoms with Crippen molar-refractivity contribution in [2.75, 3.05) is 13.1 Å². The van der Waals surface area contributed by atoms with Crippen LogP contribution in [0.5, 0.6) is 0 Å². The molecule has 6 heteroatoms. The van der Waals surface area contributed by atoms with E-state index in [9.17, 15) is 14.4 Å². The van der Waals surface area contributed by atoms with Crippen molar-refractivity contribution >= 4 is 33.7 Å². The predicted molar refractivity (Wildman–Crippen MR) is 74.8 cm³/mol. The van der Waals surface area contributed by atoms with Crippen LogP contribution in [0.25, 0.3) is 0 Å². The van der Waals surface area contributed by atoms with E-state index < -0.39 is 17.2 Å². The molecule has 1 aliphatic carbocycles. The summed E-state index contributed by atoms with van der Waals surface area (Å²) in [5, 5.41) is 2.21. The van der Waals surface area contributed by atoms with Crippen molar-refractivity contribution in [1.29, 1.82) is 0 Å². The summed E-state index contributed by atoms with van der Waals surface area (Å²) in [5.74, 6) is -0.953. The standard InChI is InChI=1S/C14H13BrN2O3/c15-10-3-1-9(2-4-10)14(5-6-14)13(20)17-7-11(18)16-12(19)8-17/h1-4H,5-8H2,(H,16,18,19). The van der Waals surface area contributed by atoms with E-state index in [1.807, 2.05) is 24.3 Å². The van der Waals surface area contributed by atoms with Gasteiger partial charge >= 0.3 is 0 Å². The number of benzene rings is 1. The Kier molecular flexibility index (Phi) is 3.12. The molecule has 2 fully saturated rings. The second-order valence-electron chi connectivity index (χ2n) is 5.22. The monoisotopic (exact) mass is 336 g/mol. The molecule has 0 spiro atoms. The molecule has 1 N–H and O–H groups in total. The SMILES string of the molecule is O=C1CN(C(=O)C2(c3ccc(Br)cc3)CC2)CC(=O)N1. The van der Waals surface area contributed by atoms with E-state index in [1.54, 1.807) is 0 Å². The molecule has 0 radical (unpaired) electrons. The molecule has 2 aliphatic rings. The lowest BCUT2D eigenvalue weighted by Gasteiger charge is -2.29. The van der Waals surface area contributed by atoms with Crippen LogP contribution in [-0.4, -0.2) is 35.7 Å². The summed E-state index contributed by atoms with van der Waals surface area (Å²) < 4.78 is 0.956. The first-order chi connectivity index (χ1) is 9.51. The van der Waals surface area contributed by atoms with Crippen LogP contribution >= 0.6 is 15.9 Å². The van der Waals surface area contributed by atoms with E-state index in [1.165, 1.54) is 4.90 Å². The average Bonchev–Trinajstić information content (AvgIpc) is 3.19. The van der Waals surface area contributed by atoms with Crippen molar-refractivity contribution in [2.24, 2.45) is 0 Å². The number of hydrogen-bond acceptors (Lipinski definition) is 3. The van der Waals surface area contributed by atoms with Gasteiger partial charge in [-0.1, -0.05) is 28.1 Å². The van der Waals surface area contributed by atoms with Crippen molar-refractivity contribution in [1.82, 2.24) is 10.2 Å². The van der Waals surface area contributed by atoms with Crippen molar-refractivity contribution < 1.29 is 14.4 Å². The molecule has 1 aliphatic heterocycles. The van der Waals surface area contributed by atoms with E-state index >= 15 is 0 Å². The van der Waals surface area contributed by atoms with Crippen LogP contribution in [0.15, 0.2) is 28.7 Å². The van der Waals surface area contributed by atoms with Gasteiger partial charge in [0.2, 0.25) is 17.7 Å². The highest BCUT2D eigenvalue weighted by atomic mass is 79.9. The molecule has 1 aromatic rings. The van der Waals surface area contributed by atoms with Crippen LogP contribution in [0, 0.1) is 0 Å². The molecule has 104 valence electrons. The first-order valence-electron chi connectivity index (χ1n) is 6.39. The average molecular weight is 337 g/mol. The third-order valence-corrected chi connectivity index (χ3v) is 4.32. The number of nitrogens with zero attached hydrogens (tertiary/aromatic N) is 1. The highest BCUT2D eigenvalue weighted by Gasteiger charge is 2.53. The van der Waals surface area contributed by atoms with Gasteiger partial charge in [-0.2, -0.15) is 0 Å². The molecule has 1 heterocycles. The second kappa shape index (κ2) is 4.70. The maximum Gasteiger partial charge on any atom is 0.246 e. The van der Waals surface area contributed by atoms with Gasteiger partial charge in [-0.3, -0.25) is 19.7 Å². The summed E-state index contributed by atoms with van der Waals surface area (Å²) in [6, 6.07) is 7.63. The van der Waals surface area contributed by atoms with Crippen LogP contribution in [0.1, 0.15) is 18.4 Å². The van der Waals surface area contributed by atoms with Crippen molar-refractivity contribution in [2.45, 2.75) is 18.3 Å². The van der Waals surface area contributed by atoms with Crippen molar-refractivity contribution in [3.05, 3.63) is 34.3 Å². The summed E-state index contributed by atoms with van der Waals surface area (Å²) >= 11 is 3.37. The number of hydrogen-bond donors (Lipinski definition) is 1. The minimum atomic E-state index is -0.543. The Hall–Kier alpha value is -1.69. The Bertz CT molecular complexity index is 577. The largest absolute Gasteiger partial charge is 0.323 e. The Morgan fingerprint density at radius 1 is 1.10 bits per heavy atom. The Morgan fingerprint density at radius 2 is 1.65 bits per heavy atom. The van der Waals surface area contributed by atoms with Gasteiger partial charge in [0.15, 0.2) is 0 Å². The van der Waals surface area contributed by atoms with E-state index in [2.05, 4.69) is 21.2 Å². The lowest BCUT2D eigenvalue weighted by molar-refractivity contribution is -0.146. The molecule has 1 aromatic carbocycles. The third kappa shape index (κ3) is 2.24. The fourth-order valence-electron chi connectivity index (χ4n) is 2.60.